The Morgan fingerprint density at radius 2 is 0.754 bits per heavy atom. The molecule has 0 radical (unpaired) electrons. The second-order valence-corrected chi connectivity index (χ2v) is 20.7. The third-order valence-electron chi connectivity index (χ3n) is 11.5. The maximum atomic E-state index is 2.32. The second-order valence-electron chi connectivity index (χ2n) is 15.7. The van der Waals surface area contributed by atoms with E-state index >= 15 is 0 Å². The summed E-state index contributed by atoms with van der Waals surface area (Å²) in [7, 11) is -0.304. The van der Waals surface area contributed by atoms with Gasteiger partial charge in [0.05, 0.1) is 0 Å². The van der Waals surface area contributed by atoms with Crippen molar-refractivity contribution in [2.24, 2.45) is 0 Å². The number of halogens is 1. The molecule has 1 aromatic heterocycles. The number of aryl methyl sites for hydroxylation is 4. The molecule has 0 aliphatic heterocycles. The van der Waals surface area contributed by atoms with Gasteiger partial charge in [0.2, 0.25) is 0 Å². The van der Waals surface area contributed by atoms with Crippen LogP contribution >= 0.6 is 15.8 Å². The number of para-hydroxylation sites is 2. The first-order valence-electron chi connectivity index (χ1n) is 21.0. The first-order valence-corrected chi connectivity index (χ1v) is 23.8. The monoisotopic (exact) mass is 906 g/mol. The largest absolute Gasteiger partial charge is 2.00 e. The van der Waals surface area contributed by atoms with Crippen LogP contribution in [0.5, 0.6) is 0 Å². The van der Waals surface area contributed by atoms with Crippen LogP contribution in [-0.4, -0.2) is 15.9 Å². The number of benzene rings is 6. The molecule has 0 atom stereocenters. The maximum Gasteiger partial charge on any atom is 2.00 e. The molecule has 0 bridgehead atoms. The predicted octanol–water partition coefficient (Wildman–Crippen LogP) is 10.0. The van der Waals surface area contributed by atoms with Gasteiger partial charge in [0, 0.05) is 0 Å². The molecule has 0 spiro atoms. The van der Waals surface area contributed by atoms with Gasteiger partial charge in [0.1, 0.15) is 23.8 Å². The van der Waals surface area contributed by atoms with Crippen molar-refractivity contribution in [2.45, 2.75) is 90.4 Å². The quantitative estimate of drug-likeness (QED) is 0.0622. The van der Waals surface area contributed by atoms with E-state index in [-0.39, 0.29) is 60.2 Å². The van der Waals surface area contributed by atoms with Crippen molar-refractivity contribution in [2.75, 3.05) is 0 Å². The van der Waals surface area contributed by atoms with Crippen LogP contribution in [0.1, 0.15) is 73.6 Å². The Morgan fingerprint density at radius 1 is 0.443 bits per heavy atom. The molecule has 1 heterocycles. The van der Waals surface area contributed by atoms with Gasteiger partial charge in [-0.1, -0.05) is 183 Å². The fourth-order valence-corrected chi connectivity index (χ4v) is 14.9. The Hall–Kier alpha value is -3.80. The van der Waals surface area contributed by atoms with Crippen molar-refractivity contribution in [3.63, 3.8) is 0 Å². The molecule has 0 amide bonds. The first kappa shape index (κ1) is 51.5. The first-order chi connectivity index (χ1) is 28.0. The van der Waals surface area contributed by atoms with Crippen molar-refractivity contribution in [1.29, 1.82) is 0 Å². The summed E-state index contributed by atoms with van der Waals surface area (Å²) in [6.45, 7) is 8.63. The molecule has 2 aliphatic rings. The fraction of sp³-hybridized carbons (Fsp3) is 0.255. The molecule has 0 saturated heterocycles. The Bertz CT molecular complexity index is 1990. The molecule has 2 fully saturated rings. The van der Waals surface area contributed by atoms with Crippen molar-refractivity contribution in [3.8, 4) is 11.4 Å². The number of hydrogen-bond acceptors (Lipinski definition) is 0. The smallest absolute Gasteiger partial charge is 1.00 e. The minimum Gasteiger partial charge on any atom is -1.00 e. The normalized spacial score (nSPS) is 13.3. The maximum absolute atomic E-state index is 2.32. The van der Waals surface area contributed by atoms with Gasteiger partial charge in [0.25, 0.3) is 6.33 Å². The minimum absolute atomic E-state index is 0. The summed E-state index contributed by atoms with van der Waals surface area (Å²) in [5, 5.41) is 6.19. The molecule has 6 heteroatoms. The Labute approximate surface area is 388 Å². The van der Waals surface area contributed by atoms with Crippen LogP contribution in [0.4, 0.5) is 0 Å². The molecular formula is C55H65ClFeN2P2. The zero-order valence-corrected chi connectivity index (χ0v) is 40.7. The fourth-order valence-electron chi connectivity index (χ4n) is 8.87. The molecule has 61 heavy (non-hydrogen) atoms. The van der Waals surface area contributed by atoms with Crippen molar-refractivity contribution >= 4 is 37.1 Å². The van der Waals surface area contributed by atoms with Gasteiger partial charge in [-0.3, -0.25) is 0 Å². The number of aromatic nitrogens is 2. The van der Waals surface area contributed by atoms with Gasteiger partial charge < -0.3 is 27.3 Å². The zero-order valence-electron chi connectivity index (χ0n) is 37.1. The standard InChI is InChI=1S/C19H21N2.2C17H19P.2CH3.ClH.Fe/c1-14-7-5-8-15(2)18(14)20-11-12-21(13-20)19-16(3)9-6-10-17(19)4;2*1-3-9-15(10-4-1)18(17-13-7-8-14-17)16-11-5-2-6-12-16;;;;/h5-13H,1-4H3;2*1-6,9-12,17H,7-8,13-14H2;2*1H3;1H;/q+1;;;2*-1;;+2/p-1. The van der Waals surface area contributed by atoms with Gasteiger partial charge in [-0.2, -0.15) is 0 Å². The van der Waals surface area contributed by atoms with E-state index in [0.29, 0.717) is 0 Å². The number of hydrogen-bond donors (Lipinski definition) is 0. The average Bonchev–Trinajstić information content (AvgIpc) is 4.06. The van der Waals surface area contributed by atoms with Gasteiger partial charge in [0.15, 0.2) is 0 Å². The molecule has 2 aliphatic carbocycles. The molecule has 9 rings (SSSR count). The van der Waals surface area contributed by atoms with Crippen LogP contribution in [0.25, 0.3) is 11.4 Å². The summed E-state index contributed by atoms with van der Waals surface area (Å²) in [5.74, 6) is 0. The number of nitrogens with zero attached hydrogens (tertiary/aromatic N) is 2. The molecule has 320 valence electrons. The van der Waals surface area contributed by atoms with E-state index in [1.54, 1.807) is 21.2 Å². The van der Waals surface area contributed by atoms with Crippen LogP contribution in [0, 0.1) is 42.5 Å². The summed E-state index contributed by atoms with van der Waals surface area (Å²) in [6.07, 6.45) is 17.7. The number of rotatable bonds is 8. The second kappa shape index (κ2) is 26.0. The van der Waals surface area contributed by atoms with Crippen LogP contribution in [0.3, 0.4) is 0 Å². The SMILES string of the molecule is Cc1cccc(C)c1-n1cc[n+](-c2c(C)cccc2C)c1.[CH3-].[CH3-].[Cl-].[Fe+2].c1ccc(P(c2ccccc2)C2CCCC2)cc1.c1ccc(P(c2ccccc2)C2CCCC2)cc1. The van der Waals surface area contributed by atoms with E-state index in [4.69, 9.17) is 0 Å². The molecule has 6 aromatic carbocycles. The van der Waals surface area contributed by atoms with Crippen LogP contribution in [-0.2, 0) is 17.1 Å². The minimum atomic E-state index is -0.152. The predicted molar refractivity (Wildman–Crippen MR) is 262 cm³/mol. The Balaban J connectivity index is 0.000000237. The Kier molecular flexibility index (Phi) is 21.9. The van der Waals surface area contributed by atoms with E-state index in [2.05, 4.69) is 213 Å². The van der Waals surface area contributed by atoms with E-state index in [9.17, 15) is 0 Å². The molecule has 7 aromatic rings. The molecule has 2 saturated carbocycles. The van der Waals surface area contributed by atoms with Crippen molar-refractivity contribution in [1.82, 2.24) is 4.57 Å². The van der Waals surface area contributed by atoms with Gasteiger partial charge in [-0.05, 0) is 124 Å². The Morgan fingerprint density at radius 3 is 1.08 bits per heavy atom. The van der Waals surface area contributed by atoms with E-state index in [0.717, 1.165) is 11.3 Å². The van der Waals surface area contributed by atoms with Gasteiger partial charge in [-0.25, -0.2) is 9.13 Å². The zero-order chi connectivity index (χ0) is 39.4. The molecule has 0 unspecified atom stereocenters. The summed E-state index contributed by atoms with van der Waals surface area (Å²) >= 11 is 0. The average molecular weight is 907 g/mol. The van der Waals surface area contributed by atoms with E-state index in [1.807, 2.05) is 0 Å². The van der Waals surface area contributed by atoms with Gasteiger partial charge >= 0.3 is 17.1 Å². The molecular weight excluding hydrogens is 842 g/mol. The van der Waals surface area contributed by atoms with E-state index < -0.39 is 0 Å². The topological polar surface area (TPSA) is 8.81 Å². The van der Waals surface area contributed by atoms with Crippen molar-refractivity contribution < 1.29 is 34.0 Å². The van der Waals surface area contributed by atoms with Crippen molar-refractivity contribution in [3.05, 3.63) is 214 Å². The third kappa shape index (κ3) is 13.4. The van der Waals surface area contributed by atoms with Crippen LogP contribution < -0.4 is 38.2 Å². The summed E-state index contributed by atoms with van der Waals surface area (Å²) < 4.78 is 4.41. The number of imidazole rings is 1. The molecule has 2 nitrogen and oxygen atoms in total. The summed E-state index contributed by atoms with van der Waals surface area (Å²) in [5.41, 5.74) is 9.48. The molecule has 0 N–H and O–H groups in total. The van der Waals surface area contributed by atoms with Crippen LogP contribution in [0.15, 0.2) is 176 Å². The summed E-state index contributed by atoms with van der Waals surface area (Å²) in [4.78, 5) is 0. The van der Waals surface area contributed by atoms with Gasteiger partial charge in [-0.15, -0.1) is 0 Å². The third-order valence-corrected chi connectivity index (χ3v) is 17.5. The van der Waals surface area contributed by atoms with E-state index in [1.165, 1.54) is 85.0 Å². The summed E-state index contributed by atoms with van der Waals surface area (Å²) in [6, 6.07) is 57.3. The van der Waals surface area contributed by atoms with Crippen LogP contribution in [0.2, 0.25) is 0 Å².